The van der Waals surface area contributed by atoms with E-state index in [-0.39, 0.29) is 6.04 Å². The van der Waals surface area contributed by atoms with Gasteiger partial charge in [0.25, 0.3) is 0 Å². The molecule has 0 bridgehead atoms. The van der Waals surface area contributed by atoms with E-state index in [1.54, 1.807) is 6.08 Å². The van der Waals surface area contributed by atoms with Crippen molar-refractivity contribution in [1.82, 2.24) is 0 Å². The fourth-order valence-corrected chi connectivity index (χ4v) is 0.762. The molecule has 1 unspecified atom stereocenters. The van der Waals surface area contributed by atoms with Crippen LogP contribution in [0.4, 0.5) is 4.39 Å². The minimum absolute atomic E-state index is 0.273. The van der Waals surface area contributed by atoms with Crippen molar-refractivity contribution in [2.45, 2.75) is 19.4 Å². The maximum atomic E-state index is 12.6. The second kappa shape index (κ2) is 4.85. The molecular weight excluding hydrogens is 141 g/mol. The number of halogens is 1. The van der Waals surface area contributed by atoms with Crippen molar-refractivity contribution in [3.63, 3.8) is 0 Å². The number of allylic oxidation sites excluding steroid dienone is 2. The fraction of sp³-hybridized carbons (Fsp3) is 0.333. The molecule has 0 aromatic heterocycles. The summed E-state index contributed by atoms with van der Waals surface area (Å²) in [4.78, 5) is 0. The van der Waals surface area contributed by atoms with E-state index in [1.165, 1.54) is 6.08 Å². The Bertz CT molecular complexity index is 182. The summed E-state index contributed by atoms with van der Waals surface area (Å²) in [6, 6.07) is -0.273. The zero-order valence-electron chi connectivity index (χ0n) is 6.81. The van der Waals surface area contributed by atoms with Crippen molar-refractivity contribution in [2.24, 2.45) is 5.73 Å². The first-order chi connectivity index (χ1) is 5.13. The molecule has 0 aliphatic heterocycles. The first kappa shape index (κ1) is 10.1. The Balaban J connectivity index is 4.46. The standard InChI is InChI=1S/C9H14FN/c1-4-6-8(7(3)10)9(11)5-2/h4,6,9H,1,3,5,11H2,2H3/b8-6+. The molecule has 0 aromatic rings. The van der Waals surface area contributed by atoms with Crippen LogP contribution in [-0.4, -0.2) is 6.04 Å². The van der Waals surface area contributed by atoms with E-state index in [0.717, 1.165) is 0 Å². The van der Waals surface area contributed by atoms with Crippen molar-refractivity contribution in [1.29, 1.82) is 0 Å². The van der Waals surface area contributed by atoms with E-state index in [2.05, 4.69) is 13.2 Å². The Hall–Kier alpha value is -0.890. The lowest BCUT2D eigenvalue weighted by Crippen LogP contribution is -2.21. The Morgan fingerprint density at radius 3 is 2.55 bits per heavy atom. The molecule has 1 nitrogen and oxygen atoms in total. The zero-order chi connectivity index (χ0) is 8.85. The molecule has 0 rings (SSSR count). The molecule has 0 aromatic carbocycles. The topological polar surface area (TPSA) is 26.0 Å². The summed E-state index contributed by atoms with van der Waals surface area (Å²) in [5.41, 5.74) is 6.02. The van der Waals surface area contributed by atoms with Gasteiger partial charge in [0.2, 0.25) is 0 Å². The van der Waals surface area contributed by atoms with Crippen molar-refractivity contribution >= 4 is 0 Å². The third kappa shape index (κ3) is 3.14. The molecule has 2 N–H and O–H groups in total. The Kier molecular flexibility index (Phi) is 4.46. The third-order valence-corrected chi connectivity index (χ3v) is 1.45. The molecule has 0 radical (unpaired) electrons. The monoisotopic (exact) mass is 155 g/mol. The van der Waals surface area contributed by atoms with Gasteiger partial charge in [-0.15, -0.1) is 0 Å². The van der Waals surface area contributed by atoms with E-state index >= 15 is 0 Å². The van der Waals surface area contributed by atoms with E-state index in [0.29, 0.717) is 12.0 Å². The quantitative estimate of drug-likeness (QED) is 0.619. The van der Waals surface area contributed by atoms with Crippen LogP contribution in [0.5, 0.6) is 0 Å². The molecule has 0 aliphatic carbocycles. The largest absolute Gasteiger partial charge is 0.324 e. The molecule has 62 valence electrons. The second-order valence-electron chi connectivity index (χ2n) is 2.28. The van der Waals surface area contributed by atoms with Crippen LogP contribution in [0.2, 0.25) is 0 Å². The SMILES string of the molecule is C=C/C=C(\C(=C)F)C(N)CC. The minimum atomic E-state index is -0.473. The van der Waals surface area contributed by atoms with Gasteiger partial charge < -0.3 is 5.73 Å². The highest BCUT2D eigenvalue weighted by Gasteiger charge is 2.08. The number of nitrogens with two attached hydrogens (primary N) is 1. The van der Waals surface area contributed by atoms with Crippen LogP contribution in [0.1, 0.15) is 13.3 Å². The number of hydrogen-bond donors (Lipinski definition) is 1. The van der Waals surface area contributed by atoms with Crippen molar-refractivity contribution in [3.05, 3.63) is 36.7 Å². The zero-order valence-corrected chi connectivity index (χ0v) is 6.81. The molecule has 0 spiro atoms. The number of hydrogen-bond acceptors (Lipinski definition) is 1. The molecule has 0 saturated carbocycles. The summed E-state index contributed by atoms with van der Waals surface area (Å²) < 4.78 is 12.6. The average molecular weight is 155 g/mol. The van der Waals surface area contributed by atoms with Gasteiger partial charge in [-0.25, -0.2) is 4.39 Å². The summed E-state index contributed by atoms with van der Waals surface area (Å²) >= 11 is 0. The van der Waals surface area contributed by atoms with Gasteiger partial charge in [-0.1, -0.05) is 32.2 Å². The maximum absolute atomic E-state index is 12.6. The van der Waals surface area contributed by atoms with Gasteiger partial charge in [0, 0.05) is 11.6 Å². The maximum Gasteiger partial charge on any atom is 0.120 e. The van der Waals surface area contributed by atoms with Crippen LogP contribution in [-0.2, 0) is 0 Å². The molecule has 11 heavy (non-hydrogen) atoms. The highest BCUT2D eigenvalue weighted by atomic mass is 19.1. The van der Waals surface area contributed by atoms with Gasteiger partial charge in [0.1, 0.15) is 5.83 Å². The van der Waals surface area contributed by atoms with Gasteiger partial charge in [0.15, 0.2) is 0 Å². The first-order valence-corrected chi connectivity index (χ1v) is 3.56. The third-order valence-electron chi connectivity index (χ3n) is 1.45. The van der Waals surface area contributed by atoms with Gasteiger partial charge in [-0.2, -0.15) is 0 Å². The van der Waals surface area contributed by atoms with Gasteiger partial charge in [0.05, 0.1) is 0 Å². The van der Waals surface area contributed by atoms with Gasteiger partial charge in [-0.05, 0) is 6.42 Å². The Morgan fingerprint density at radius 2 is 2.27 bits per heavy atom. The van der Waals surface area contributed by atoms with Gasteiger partial charge in [-0.3, -0.25) is 0 Å². The highest BCUT2D eigenvalue weighted by molar-refractivity contribution is 5.30. The first-order valence-electron chi connectivity index (χ1n) is 3.56. The average Bonchev–Trinajstić information content (AvgIpc) is 1.98. The smallest absolute Gasteiger partial charge is 0.120 e. The van der Waals surface area contributed by atoms with E-state index < -0.39 is 5.83 Å². The predicted molar refractivity (Wildman–Crippen MR) is 46.8 cm³/mol. The summed E-state index contributed by atoms with van der Waals surface area (Å²) in [7, 11) is 0. The highest BCUT2D eigenvalue weighted by Crippen LogP contribution is 2.14. The summed E-state index contributed by atoms with van der Waals surface area (Å²) in [5, 5.41) is 0. The van der Waals surface area contributed by atoms with Crippen molar-refractivity contribution in [3.8, 4) is 0 Å². The predicted octanol–water partition coefficient (Wildman–Crippen LogP) is 2.32. The summed E-state index contributed by atoms with van der Waals surface area (Å²) in [6.45, 7) is 8.53. The molecule has 2 heteroatoms. The summed E-state index contributed by atoms with van der Waals surface area (Å²) in [5.74, 6) is -0.473. The van der Waals surface area contributed by atoms with Gasteiger partial charge >= 0.3 is 0 Å². The second-order valence-corrected chi connectivity index (χ2v) is 2.28. The number of rotatable bonds is 4. The lowest BCUT2D eigenvalue weighted by Gasteiger charge is -2.10. The van der Waals surface area contributed by atoms with E-state index in [9.17, 15) is 4.39 Å². The molecule has 0 fully saturated rings. The Labute approximate surface area is 67.1 Å². The summed E-state index contributed by atoms with van der Waals surface area (Å²) in [6.07, 6.45) is 3.76. The van der Waals surface area contributed by atoms with Crippen molar-refractivity contribution in [2.75, 3.05) is 0 Å². The van der Waals surface area contributed by atoms with Crippen LogP contribution < -0.4 is 5.73 Å². The minimum Gasteiger partial charge on any atom is -0.324 e. The Morgan fingerprint density at radius 1 is 1.73 bits per heavy atom. The molecule has 1 atom stereocenters. The fourth-order valence-electron chi connectivity index (χ4n) is 0.762. The molecule has 0 amide bonds. The molecule has 0 heterocycles. The van der Waals surface area contributed by atoms with Crippen LogP contribution in [0.25, 0.3) is 0 Å². The van der Waals surface area contributed by atoms with Crippen LogP contribution in [0, 0.1) is 0 Å². The normalized spacial score (nSPS) is 14.3. The van der Waals surface area contributed by atoms with Crippen LogP contribution >= 0.6 is 0 Å². The van der Waals surface area contributed by atoms with Crippen LogP contribution in [0.15, 0.2) is 36.7 Å². The van der Waals surface area contributed by atoms with E-state index in [1.807, 2.05) is 6.92 Å². The molecular formula is C9H14FN. The van der Waals surface area contributed by atoms with Crippen molar-refractivity contribution < 1.29 is 4.39 Å². The lowest BCUT2D eigenvalue weighted by atomic mass is 10.0. The molecule has 0 aliphatic rings. The lowest BCUT2D eigenvalue weighted by molar-refractivity contribution is 0.614. The van der Waals surface area contributed by atoms with E-state index in [4.69, 9.17) is 5.73 Å². The van der Waals surface area contributed by atoms with Crippen LogP contribution in [0.3, 0.4) is 0 Å². The molecule has 0 saturated heterocycles.